The highest BCUT2D eigenvalue weighted by Gasteiger charge is 2.33. The average Bonchev–Trinajstić information content (AvgIpc) is 2.79. The van der Waals surface area contributed by atoms with Gasteiger partial charge in [0.1, 0.15) is 11.6 Å². The van der Waals surface area contributed by atoms with Crippen LogP contribution in [0.25, 0.3) is 0 Å². The fourth-order valence-electron chi connectivity index (χ4n) is 3.55. The number of nitrogens with one attached hydrogen (secondary N) is 1. The second kappa shape index (κ2) is 10.3. The molecule has 2 N–H and O–H groups in total. The van der Waals surface area contributed by atoms with Crippen LogP contribution in [0.2, 0.25) is 5.02 Å². The molecule has 8 nitrogen and oxygen atoms in total. The second-order valence-corrected chi connectivity index (χ2v) is 9.44. The molecular formula is C22H25BClF3N4O4. The van der Waals surface area contributed by atoms with Gasteiger partial charge in [0.15, 0.2) is 0 Å². The van der Waals surface area contributed by atoms with E-state index in [2.05, 4.69) is 15.0 Å². The van der Waals surface area contributed by atoms with Crippen molar-refractivity contribution in [3.63, 3.8) is 0 Å². The zero-order valence-electron chi connectivity index (χ0n) is 19.4. The van der Waals surface area contributed by atoms with Gasteiger partial charge in [0, 0.05) is 43.9 Å². The predicted octanol–water partition coefficient (Wildman–Crippen LogP) is 2.55. The van der Waals surface area contributed by atoms with E-state index in [0.29, 0.717) is 32.0 Å². The molecule has 1 aromatic heterocycles. The number of amides is 2. The lowest BCUT2D eigenvalue weighted by Crippen LogP contribution is -2.51. The largest absolute Gasteiger partial charge is 0.573 e. The quantitative estimate of drug-likeness (QED) is 0.598. The van der Waals surface area contributed by atoms with Crippen LogP contribution in [0.15, 0.2) is 30.5 Å². The molecule has 1 aliphatic rings. The van der Waals surface area contributed by atoms with Gasteiger partial charge in [0.25, 0.3) is 5.91 Å². The van der Waals surface area contributed by atoms with Gasteiger partial charge in [-0.05, 0) is 23.7 Å². The van der Waals surface area contributed by atoms with Crippen molar-refractivity contribution in [2.75, 3.05) is 36.4 Å². The molecule has 1 aliphatic heterocycles. The van der Waals surface area contributed by atoms with E-state index in [0.717, 1.165) is 12.1 Å². The second-order valence-electron chi connectivity index (χ2n) is 9.03. The molecule has 1 saturated heterocycles. The smallest absolute Gasteiger partial charge is 0.449 e. The molecule has 0 spiro atoms. The lowest BCUT2D eigenvalue weighted by atomic mass is 9.87. The Balaban J connectivity index is 1.67. The van der Waals surface area contributed by atoms with Crippen molar-refractivity contribution in [3.8, 4) is 5.75 Å². The van der Waals surface area contributed by atoms with Crippen LogP contribution in [0.3, 0.4) is 0 Å². The number of hydrogen-bond donors (Lipinski definition) is 2. The topological polar surface area (TPSA) is 95.0 Å². The molecular weight excluding hydrogens is 488 g/mol. The van der Waals surface area contributed by atoms with Crippen LogP contribution in [-0.4, -0.2) is 66.7 Å². The maximum Gasteiger partial charge on any atom is 0.573 e. The number of anilines is 2. The molecule has 1 fully saturated rings. The number of carbonyl (C=O) groups excluding carboxylic acids is 2. The Morgan fingerprint density at radius 3 is 2.31 bits per heavy atom. The van der Waals surface area contributed by atoms with Gasteiger partial charge in [-0.25, -0.2) is 4.98 Å². The van der Waals surface area contributed by atoms with Crippen LogP contribution >= 0.6 is 11.6 Å². The summed E-state index contributed by atoms with van der Waals surface area (Å²) in [4.78, 5) is 33.2. The minimum absolute atomic E-state index is 0.0656. The Morgan fingerprint density at radius 2 is 1.80 bits per heavy atom. The van der Waals surface area contributed by atoms with Gasteiger partial charge in [-0.1, -0.05) is 32.4 Å². The molecule has 2 heterocycles. The Hall–Kier alpha value is -2.99. The van der Waals surface area contributed by atoms with Crippen molar-refractivity contribution in [2.24, 2.45) is 5.41 Å². The van der Waals surface area contributed by atoms with Gasteiger partial charge in [0.05, 0.1) is 16.3 Å². The third-order valence-electron chi connectivity index (χ3n) is 5.34. The third-order valence-corrected chi connectivity index (χ3v) is 5.65. The average molecular weight is 513 g/mol. The van der Waals surface area contributed by atoms with E-state index < -0.39 is 30.9 Å². The van der Waals surface area contributed by atoms with Gasteiger partial charge in [0.2, 0.25) is 5.91 Å². The van der Waals surface area contributed by atoms with Gasteiger partial charge in [-0.3, -0.25) is 9.59 Å². The molecule has 2 amide bonds. The van der Waals surface area contributed by atoms with E-state index in [9.17, 15) is 27.8 Å². The minimum Gasteiger partial charge on any atom is -0.449 e. The van der Waals surface area contributed by atoms with Crippen molar-refractivity contribution < 1.29 is 32.5 Å². The molecule has 13 heteroatoms. The van der Waals surface area contributed by atoms with Crippen molar-refractivity contribution in [1.29, 1.82) is 0 Å². The Labute approximate surface area is 206 Å². The molecule has 188 valence electrons. The maximum absolute atomic E-state index is 12.7. The molecule has 1 aromatic carbocycles. The van der Waals surface area contributed by atoms with Crippen LogP contribution in [0.4, 0.5) is 24.7 Å². The first kappa shape index (κ1) is 26.6. The zero-order valence-corrected chi connectivity index (χ0v) is 20.2. The fourth-order valence-corrected chi connectivity index (χ4v) is 3.78. The number of halogens is 4. The monoisotopic (exact) mass is 512 g/mol. The summed E-state index contributed by atoms with van der Waals surface area (Å²) >= 11 is 6.06. The van der Waals surface area contributed by atoms with E-state index >= 15 is 0 Å². The maximum atomic E-state index is 12.7. The van der Waals surface area contributed by atoms with E-state index in [4.69, 9.17) is 11.6 Å². The number of ether oxygens (including phenoxy) is 1. The molecule has 2 aromatic rings. The SMILES string of the molecule is CC(C)(C)C(=O)N1CCN(c2ccc(C(=O)Nc3cc(OC(F)(F)F)c(BO)cc3Cl)cn2)CC1. The van der Waals surface area contributed by atoms with E-state index in [1.807, 2.05) is 30.6 Å². The summed E-state index contributed by atoms with van der Waals surface area (Å²) in [5.41, 5.74) is -0.579. The van der Waals surface area contributed by atoms with Gasteiger partial charge < -0.3 is 24.9 Å². The number of nitrogens with zero attached hydrogens (tertiary/aromatic N) is 3. The first-order chi connectivity index (χ1) is 16.3. The third kappa shape index (κ3) is 6.79. The van der Waals surface area contributed by atoms with Crippen molar-refractivity contribution >= 4 is 47.9 Å². The summed E-state index contributed by atoms with van der Waals surface area (Å²) in [7, 11) is -0.733. The molecule has 3 rings (SSSR count). The summed E-state index contributed by atoms with van der Waals surface area (Å²) in [5, 5.41) is 11.6. The predicted molar refractivity (Wildman–Crippen MR) is 128 cm³/mol. The lowest BCUT2D eigenvalue weighted by Gasteiger charge is -2.38. The van der Waals surface area contributed by atoms with Crippen LogP contribution in [0.5, 0.6) is 5.75 Å². The van der Waals surface area contributed by atoms with E-state index in [1.165, 1.54) is 12.3 Å². The minimum atomic E-state index is -4.98. The number of piperazine rings is 1. The Kier molecular flexibility index (Phi) is 7.85. The molecule has 0 bridgehead atoms. The van der Waals surface area contributed by atoms with Crippen LogP contribution in [0.1, 0.15) is 31.1 Å². The Bertz CT molecular complexity index is 1090. The summed E-state index contributed by atoms with van der Waals surface area (Å²) in [6.07, 6.45) is -3.63. The number of aromatic nitrogens is 1. The molecule has 0 unspecified atom stereocenters. The molecule has 0 atom stereocenters. The van der Waals surface area contributed by atoms with Crippen LogP contribution in [0, 0.1) is 5.41 Å². The van der Waals surface area contributed by atoms with Crippen molar-refractivity contribution in [1.82, 2.24) is 9.88 Å². The van der Waals surface area contributed by atoms with E-state index in [-0.39, 0.29) is 27.6 Å². The van der Waals surface area contributed by atoms with Crippen molar-refractivity contribution in [3.05, 3.63) is 41.0 Å². The number of hydrogen-bond acceptors (Lipinski definition) is 6. The zero-order chi connectivity index (χ0) is 26.0. The highest BCUT2D eigenvalue weighted by Crippen LogP contribution is 2.29. The number of pyridine rings is 1. The van der Waals surface area contributed by atoms with Crippen LogP contribution < -0.4 is 20.4 Å². The molecule has 0 saturated carbocycles. The standard InChI is InChI=1S/C22H25BClF3N4O4/c1-21(2,3)20(33)31-8-6-30(7-9-31)18-5-4-13(12-28-18)19(32)29-16-11-17(35-22(25,26)27)14(23-34)10-15(16)24/h4-5,10-12,23,34H,6-9H2,1-3H3,(H,29,32). The highest BCUT2D eigenvalue weighted by molar-refractivity contribution is 6.48. The van der Waals surface area contributed by atoms with Gasteiger partial charge in [-0.2, -0.15) is 0 Å². The lowest BCUT2D eigenvalue weighted by molar-refractivity contribution is -0.274. The van der Waals surface area contributed by atoms with Crippen LogP contribution in [-0.2, 0) is 4.79 Å². The number of carbonyl (C=O) groups is 2. The number of rotatable bonds is 5. The van der Waals surface area contributed by atoms with Gasteiger partial charge >= 0.3 is 13.8 Å². The molecule has 0 aliphatic carbocycles. The summed E-state index contributed by atoms with van der Waals surface area (Å²) in [6.45, 7) is 7.95. The summed E-state index contributed by atoms with van der Waals surface area (Å²) in [5.74, 6) is -0.583. The summed E-state index contributed by atoms with van der Waals surface area (Å²) < 4.78 is 41.9. The molecule has 0 radical (unpaired) electrons. The Morgan fingerprint density at radius 1 is 1.14 bits per heavy atom. The normalized spacial score (nSPS) is 14.5. The first-order valence-corrected chi connectivity index (χ1v) is 11.2. The first-order valence-electron chi connectivity index (χ1n) is 10.8. The highest BCUT2D eigenvalue weighted by atomic mass is 35.5. The number of benzene rings is 1. The number of alkyl halides is 3. The van der Waals surface area contributed by atoms with Crippen molar-refractivity contribution in [2.45, 2.75) is 27.1 Å². The molecule has 35 heavy (non-hydrogen) atoms. The van der Waals surface area contributed by atoms with Gasteiger partial charge in [-0.15, -0.1) is 13.2 Å². The fraction of sp³-hybridized carbons (Fsp3) is 0.409. The summed E-state index contributed by atoms with van der Waals surface area (Å²) in [6, 6.07) is 5.18. The van der Waals surface area contributed by atoms with E-state index in [1.54, 1.807) is 6.07 Å².